The van der Waals surface area contributed by atoms with Crippen LogP contribution < -0.4 is 11.1 Å². The number of nitrogens with two attached hydrogens (primary N) is 1. The summed E-state index contributed by atoms with van der Waals surface area (Å²) in [6, 6.07) is 6.46. The van der Waals surface area contributed by atoms with Crippen LogP contribution in [0.15, 0.2) is 53.7 Å². The molecule has 4 aromatic rings. The molecule has 0 saturated carbocycles. The third-order valence-corrected chi connectivity index (χ3v) is 11.0. The lowest BCUT2D eigenvalue weighted by Gasteiger charge is -2.34. The molecule has 0 spiro atoms. The molecule has 234 valence electrons. The topological polar surface area (TPSA) is 153 Å². The zero-order valence-corrected chi connectivity index (χ0v) is 24.8. The van der Waals surface area contributed by atoms with Crippen LogP contribution in [0.5, 0.6) is 0 Å². The summed E-state index contributed by atoms with van der Waals surface area (Å²) >= 11 is 0. The Morgan fingerprint density at radius 2 is 1.84 bits per heavy atom. The van der Waals surface area contributed by atoms with Gasteiger partial charge in [0.15, 0.2) is 17.3 Å². The van der Waals surface area contributed by atoms with Crippen molar-refractivity contribution in [2.45, 2.75) is 54.7 Å². The zero-order chi connectivity index (χ0) is 32.2. The van der Waals surface area contributed by atoms with Gasteiger partial charge in [-0.1, -0.05) is 13.0 Å². The highest BCUT2D eigenvalue weighted by molar-refractivity contribution is 8.01. The summed E-state index contributed by atoms with van der Waals surface area (Å²) in [4.78, 5) is 40.4. The number of primary amides is 1. The average molecular weight is 640 g/mol. The second-order valence-corrected chi connectivity index (χ2v) is 14.0. The van der Waals surface area contributed by atoms with E-state index >= 15 is 0 Å². The molecule has 0 aliphatic carbocycles. The molecule has 2 aromatic heterocycles. The van der Waals surface area contributed by atoms with Crippen molar-refractivity contribution < 1.29 is 31.8 Å². The number of benzene rings is 2. The minimum Gasteiger partial charge on any atom is -0.364 e. The Balaban J connectivity index is 1.26. The third-order valence-electron chi connectivity index (χ3n) is 8.39. The van der Waals surface area contributed by atoms with Crippen LogP contribution in [0, 0.1) is 11.6 Å². The number of fused-ring (bicyclic) bond motifs is 2. The number of hydrogen-bond acceptors (Lipinski definition) is 7. The van der Waals surface area contributed by atoms with Gasteiger partial charge >= 0.3 is 0 Å². The highest BCUT2D eigenvalue weighted by Gasteiger charge is 2.42. The van der Waals surface area contributed by atoms with Gasteiger partial charge in [0.25, 0.3) is 5.91 Å². The smallest absolute Gasteiger partial charge is 0.269 e. The van der Waals surface area contributed by atoms with Crippen molar-refractivity contribution in [2.75, 3.05) is 6.54 Å². The van der Waals surface area contributed by atoms with E-state index < -0.39 is 68.9 Å². The molecule has 15 heteroatoms. The number of aromatic nitrogens is 4. The molecule has 5 unspecified atom stereocenters. The van der Waals surface area contributed by atoms with E-state index in [-0.39, 0.29) is 35.5 Å². The maximum atomic E-state index is 14.7. The van der Waals surface area contributed by atoms with Crippen LogP contribution in [-0.2, 0) is 25.7 Å². The lowest BCUT2D eigenvalue weighted by molar-refractivity contribution is -0.139. The summed E-state index contributed by atoms with van der Waals surface area (Å²) in [6.45, 7) is 0.851. The first kappa shape index (κ1) is 30.2. The van der Waals surface area contributed by atoms with E-state index in [0.29, 0.717) is 16.5 Å². The van der Waals surface area contributed by atoms with Gasteiger partial charge in [-0.05, 0) is 63.3 Å². The standard InChI is InChI=1S/C30H28F3N7O4S/c1-15-7-23(19-10-21(32)22(33)11-26(19)45(15,2)44)37-30(43)25-9-18(31)13-39(25)27(41)14-40-24-4-3-16(17-5-6-35-36-12-17)8-20(24)28(38-40)29(34)42/h3-6,8,10-12,15,18,23,25H,2,7,9,13-14H2,1H3,(H2,34,42)(H,37,43). The molecular weight excluding hydrogens is 611 g/mol. The normalized spacial score (nSPS) is 24.4. The number of hydrogen-bond donors (Lipinski definition) is 2. The van der Waals surface area contributed by atoms with Crippen molar-refractivity contribution in [3.8, 4) is 11.1 Å². The van der Waals surface area contributed by atoms with E-state index in [9.17, 15) is 31.8 Å². The Morgan fingerprint density at radius 1 is 1.09 bits per heavy atom. The number of rotatable bonds is 6. The van der Waals surface area contributed by atoms with Gasteiger partial charge in [0.05, 0.1) is 30.5 Å². The van der Waals surface area contributed by atoms with Gasteiger partial charge in [-0.25, -0.2) is 13.2 Å². The molecule has 0 radical (unpaired) electrons. The number of amides is 3. The molecule has 2 aliphatic heterocycles. The highest BCUT2D eigenvalue weighted by Crippen LogP contribution is 2.38. The quantitative estimate of drug-likeness (QED) is 0.308. The van der Waals surface area contributed by atoms with Crippen LogP contribution >= 0.6 is 0 Å². The number of carbonyl (C=O) groups is 3. The Morgan fingerprint density at radius 3 is 2.56 bits per heavy atom. The lowest BCUT2D eigenvalue weighted by Crippen LogP contribution is -2.49. The maximum Gasteiger partial charge on any atom is 0.269 e. The van der Waals surface area contributed by atoms with Gasteiger partial charge in [0.2, 0.25) is 11.8 Å². The largest absolute Gasteiger partial charge is 0.364 e. The number of halogens is 3. The molecule has 3 amide bonds. The summed E-state index contributed by atoms with van der Waals surface area (Å²) < 4.78 is 57.5. The third kappa shape index (κ3) is 5.41. The number of likely N-dealkylation sites (tertiary alicyclic amines) is 1. The van der Waals surface area contributed by atoms with Crippen LogP contribution in [0.4, 0.5) is 13.2 Å². The van der Waals surface area contributed by atoms with E-state index in [2.05, 4.69) is 26.5 Å². The Kier molecular flexibility index (Phi) is 7.59. The van der Waals surface area contributed by atoms with E-state index in [1.807, 2.05) is 0 Å². The SMILES string of the molecule is C=S1(=O)c2cc(F)c(F)cc2C(NC(=O)C2CC(F)CN2C(=O)Cn2nc(C(N)=O)c3cc(-c4ccnnc4)ccc32)CC1C. The Hall–Kier alpha value is -4.79. The molecular formula is C30H28F3N7O4S. The van der Waals surface area contributed by atoms with Gasteiger partial charge in [0, 0.05) is 27.5 Å². The summed E-state index contributed by atoms with van der Waals surface area (Å²) in [5, 5.41) is 14.4. The van der Waals surface area contributed by atoms with Crippen molar-refractivity contribution in [3.63, 3.8) is 0 Å². The van der Waals surface area contributed by atoms with Crippen LogP contribution in [0.3, 0.4) is 0 Å². The monoisotopic (exact) mass is 639 g/mol. The second kappa shape index (κ2) is 11.3. The molecule has 1 saturated heterocycles. The summed E-state index contributed by atoms with van der Waals surface area (Å²) in [7, 11) is -2.99. The lowest BCUT2D eigenvalue weighted by atomic mass is 10.00. The second-order valence-electron chi connectivity index (χ2n) is 11.3. The first-order valence-electron chi connectivity index (χ1n) is 14.0. The van der Waals surface area contributed by atoms with E-state index in [0.717, 1.165) is 22.6 Å². The van der Waals surface area contributed by atoms with Crippen molar-refractivity contribution >= 4 is 44.0 Å². The Labute approximate surface area is 255 Å². The predicted molar refractivity (Wildman–Crippen MR) is 159 cm³/mol. The van der Waals surface area contributed by atoms with E-state index in [4.69, 9.17) is 5.73 Å². The molecule has 1 fully saturated rings. The first-order valence-corrected chi connectivity index (χ1v) is 15.8. The van der Waals surface area contributed by atoms with Crippen molar-refractivity contribution in [1.29, 1.82) is 0 Å². The van der Waals surface area contributed by atoms with Gasteiger partial charge in [0.1, 0.15) is 18.8 Å². The van der Waals surface area contributed by atoms with Gasteiger partial charge < -0.3 is 16.0 Å². The molecule has 3 N–H and O–H groups in total. The molecule has 0 bridgehead atoms. The van der Waals surface area contributed by atoms with Gasteiger partial charge in [-0.15, -0.1) is 0 Å². The zero-order valence-electron chi connectivity index (χ0n) is 24.0. The minimum atomic E-state index is -2.99. The summed E-state index contributed by atoms with van der Waals surface area (Å²) in [6.07, 6.45) is 1.39. The molecule has 2 aromatic carbocycles. The average Bonchev–Trinajstić information content (AvgIpc) is 3.58. The predicted octanol–water partition coefficient (Wildman–Crippen LogP) is 2.53. The van der Waals surface area contributed by atoms with Crippen LogP contribution in [-0.4, -0.2) is 76.7 Å². The van der Waals surface area contributed by atoms with E-state index in [1.165, 1.54) is 10.9 Å². The summed E-state index contributed by atoms with van der Waals surface area (Å²) in [5.41, 5.74) is 7.48. The molecule has 45 heavy (non-hydrogen) atoms. The molecule has 5 atom stereocenters. The van der Waals surface area contributed by atoms with Crippen LogP contribution in [0.25, 0.3) is 22.0 Å². The van der Waals surface area contributed by atoms with Crippen molar-refractivity contribution in [3.05, 3.63) is 71.7 Å². The number of carbonyl (C=O) groups excluding carboxylic acids is 3. The maximum absolute atomic E-state index is 14.7. The van der Waals surface area contributed by atoms with Crippen molar-refractivity contribution in [2.24, 2.45) is 5.73 Å². The summed E-state index contributed by atoms with van der Waals surface area (Å²) in [5.74, 6) is -0.781. The first-order chi connectivity index (χ1) is 21.3. The van der Waals surface area contributed by atoms with Crippen LogP contribution in [0.1, 0.15) is 41.9 Å². The Bertz CT molecular complexity index is 1970. The highest BCUT2D eigenvalue weighted by atomic mass is 32.2. The molecule has 11 nitrogen and oxygen atoms in total. The van der Waals surface area contributed by atoms with Crippen LogP contribution in [0.2, 0.25) is 0 Å². The minimum absolute atomic E-state index is 0.00680. The molecule has 2 aliphatic rings. The fraction of sp³-hybridized carbons (Fsp3) is 0.300. The molecule has 6 rings (SSSR count). The van der Waals surface area contributed by atoms with Gasteiger partial charge in [-0.3, -0.25) is 23.3 Å². The number of alkyl halides is 1. The number of nitrogens with one attached hydrogen (secondary N) is 1. The van der Waals surface area contributed by atoms with E-state index in [1.54, 1.807) is 37.4 Å². The fourth-order valence-electron chi connectivity index (χ4n) is 6.00. The van der Waals surface area contributed by atoms with Crippen molar-refractivity contribution in [1.82, 2.24) is 30.2 Å². The fourth-order valence-corrected chi connectivity index (χ4v) is 7.84. The molecule has 4 heterocycles. The van der Waals surface area contributed by atoms with Gasteiger partial charge in [-0.2, -0.15) is 15.3 Å². The number of nitrogens with zero attached hydrogens (tertiary/aromatic N) is 5.